The summed E-state index contributed by atoms with van der Waals surface area (Å²) in [6.45, 7) is 12.1. The quantitative estimate of drug-likeness (QED) is 0.521. The second-order valence-corrected chi connectivity index (χ2v) is 9.13. The van der Waals surface area contributed by atoms with Crippen LogP contribution in [0.3, 0.4) is 0 Å². The maximum Gasteiger partial charge on any atom is 0.331 e. The monoisotopic (exact) mass is 414 g/mol. The number of hydrogen-bond donors (Lipinski definition) is 2. The highest BCUT2D eigenvalue weighted by Gasteiger charge is 2.27. The van der Waals surface area contributed by atoms with Crippen LogP contribution in [-0.2, 0) is 20.7 Å². The van der Waals surface area contributed by atoms with Gasteiger partial charge in [-0.15, -0.1) is 0 Å². The summed E-state index contributed by atoms with van der Waals surface area (Å²) >= 11 is 11.2. The zero-order valence-corrected chi connectivity index (χ0v) is 18.6. The topological polar surface area (TPSA) is 59.6 Å². The van der Waals surface area contributed by atoms with Crippen LogP contribution >= 0.6 is 23.8 Å². The van der Waals surface area contributed by atoms with Gasteiger partial charge in [0.2, 0.25) is 0 Å². The summed E-state index contributed by atoms with van der Waals surface area (Å²) in [5, 5.41) is 7.22. The number of carbonyl (C=O) groups excluding carboxylic acids is 1. The zero-order chi connectivity index (χ0) is 20.7. The molecule has 0 saturated carbocycles. The predicted molar refractivity (Wildman–Crippen MR) is 114 cm³/mol. The van der Waals surface area contributed by atoms with E-state index >= 15 is 0 Å². The van der Waals surface area contributed by atoms with Crippen molar-refractivity contribution in [2.24, 2.45) is 0 Å². The van der Waals surface area contributed by atoms with Crippen LogP contribution in [0.2, 0.25) is 5.02 Å². The zero-order valence-electron chi connectivity index (χ0n) is 17.0. The first-order chi connectivity index (χ1) is 12.4. The lowest BCUT2D eigenvalue weighted by Gasteiger charge is -2.28. The summed E-state index contributed by atoms with van der Waals surface area (Å²) in [6, 6.07) is 6.98. The number of halogens is 1. The molecule has 0 bridgehead atoms. The standard InChI is InChI=1S/C20H31ClN2O3S/c1-19(2,3)25-13-16(17(24)26-20(4,5)6)23-18(27)22-12-11-14-7-9-15(21)10-8-14/h7-10,16H,11-13H2,1-6H3,(H2,22,23,27). The second-order valence-electron chi connectivity index (χ2n) is 8.29. The van der Waals surface area contributed by atoms with Crippen LogP contribution in [0.1, 0.15) is 47.1 Å². The molecule has 0 amide bonds. The largest absolute Gasteiger partial charge is 0.458 e. The molecule has 1 aromatic carbocycles. The van der Waals surface area contributed by atoms with Crippen molar-refractivity contribution in [1.82, 2.24) is 10.6 Å². The van der Waals surface area contributed by atoms with E-state index in [0.29, 0.717) is 16.7 Å². The summed E-state index contributed by atoms with van der Waals surface area (Å²) in [7, 11) is 0. The first-order valence-electron chi connectivity index (χ1n) is 9.01. The summed E-state index contributed by atoms with van der Waals surface area (Å²) in [5.41, 5.74) is 0.197. The van der Waals surface area contributed by atoms with E-state index in [2.05, 4.69) is 10.6 Å². The number of benzene rings is 1. The minimum Gasteiger partial charge on any atom is -0.458 e. The van der Waals surface area contributed by atoms with Gasteiger partial charge in [0.1, 0.15) is 11.6 Å². The highest BCUT2D eigenvalue weighted by molar-refractivity contribution is 7.80. The van der Waals surface area contributed by atoms with Crippen molar-refractivity contribution >= 4 is 34.9 Å². The van der Waals surface area contributed by atoms with Gasteiger partial charge in [-0.3, -0.25) is 0 Å². The Morgan fingerprint density at radius 2 is 1.70 bits per heavy atom. The minimum atomic E-state index is -0.681. The molecule has 0 aliphatic rings. The molecule has 1 rings (SSSR count). The van der Waals surface area contributed by atoms with Crippen LogP contribution in [0.25, 0.3) is 0 Å². The van der Waals surface area contributed by atoms with Crippen LogP contribution < -0.4 is 10.6 Å². The second kappa shape index (κ2) is 10.2. The van der Waals surface area contributed by atoms with Gasteiger partial charge in [0.25, 0.3) is 0 Å². The Kier molecular flexibility index (Phi) is 8.99. The summed E-state index contributed by atoms with van der Waals surface area (Å²) in [6.07, 6.45) is 0.786. The lowest BCUT2D eigenvalue weighted by atomic mass is 10.1. The summed E-state index contributed by atoms with van der Waals surface area (Å²) < 4.78 is 11.2. The molecular formula is C20H31ClN2O3S. The molecule has 0 radical (unpaired) electrons. The van der Waals surface area contributed by atoms with Gasteiger partial charge in [0.05, 0.1) is 12.2 Å². The Labute approximate surface area is 173 Å². The molecule has 152 valence electrons. The Hall–Kier alpha value is -1.37. The minimum absolute atomic E-state index is 0.164. The van der Waals surface area contributed by atoms with Crippen molar-refractivity contribution in [2.45, 2.75) is 65.2 Å². The Bertz CT molecular complexity index is 622. The van der Waals surface area contributed by atoms with E-state index in [1.54, 1.807) is 0 Å². The molecule has 0 spiro atoms. The number of ether oxygens (including phenoxy) is 2. The highest BCUT2D eigenvalue weighted by atomic mass is 35.5. The van der Waals surface area contributed by atoms with Crippen LogP contribution in [-0.4, -0.2) is 41.5 Å². The number of hydrogen-bond acceptors (Lipinski definition) is 4. The van der Waals surface area contributed by atoms with Gasteiger partial charge in [0.15, 0.2) is 5.11 Å². The summed E-state index contributed by atoms with van der Waals surface area (Å²) in [4.78, 5) is 12.5. The molecule has 0 fully saturated rings. The average molecular weight is 415 g/mol. The van der Waals surface area contributed by atoms with Crippen molar-refractivity contribution < 1.29 is 14.3 Å². The molecule has 5 nitrogen and oxygen atoms in total. The van der Waals surface area contributed by atoms with Gasteiger partial charge in [-0.2, -0.15) is 0 Å². The van der Waals surface area contributed by atoms with Crippen LogP contribution in [0.15, 0.2) is 24.3 Å². The molecular weight excluding hydrogens is 384 g/mol. The maximum absolute atomic E-state index is 12.5. The number of nitrogens with one attached hydrogen (secondary N) is 2. The van der Waals surface area contributed by atoms with Gasteiger partial charge in [0, 0.05) is 11.6 Å². The third-order valence-electron chi connectivity index (χ3n) is 3.29. The predicted octanol–water partition coefficient (Wildman–Crippen LogP) is 3.87. The van der Waals surface area contributed by atoms with E-state index < -0.39 is 17.6 Å². The normalized spacial score (nSPS) is 13.0. The fourth-order valence-corrected chi connectivity index (χ4v) is 2.43. The number of rotatable bonds is 7. The van der Waals surface area contributed by atoms with Crippen LogP contribution in [0.5, 0.6) is 0 Å². The van der Waals surface area contributed by atoms with Gasteiger partial charge in [-0.05, 0) is 77.9 Å². The molecule has 1 unspecified atom stereocenters. The fraction of sp³-hybridized carbons (Fsp3) is 0.600. The van der Waals surface area contributed by atoms with Crippen molar-refractivity contribution in [3.05, 3.63) is 34.9 Å². The van der Waals surface area contributed by atoms with Crippen molar-refractivity contribution in [3.8, 4) is 0 Å². The average Bonchev–Trinajstić information content (AvgIpc) is 2.50. The molecule has 7 heteroatoms. The highest BCUT2D eigenvalue weighted by Crippen LogP contribution is 2.12. The van der Waals surface area contributed by atoms with Gasteiger partial charge < -0.3 is 20.1 Å². The molecule has 0 aromatic heterocycles. The number of esters is 1. The fourth-order valence-electron chi connectivity index (χ4n) is 2.06. The van der Waals surface area contributed by atoms with E-state index in [4.69, 9.17) is 33.3 Å². The van der Waals surface area contributed by atoms with E-state index in [1.165, 1.54) is 0 Å². The first-order valence-corrected chi connectivity index (χ1v) is 9.80. The Morgan fingerprint density at radius 3 is 2.22 bits per heavy atom. The SMILES string of the molecule is CC(C)(C)OCC(NC(=S)NCCc1ccc(Cl)cc1)C(=O)OC(C)(C)C. The van der Waals surface area contributed by atoms with E-state index in [0.717, 1.165) is 12.0 Å². The van der Waals surface area contributed by atoms with Crippen molar-refractivity contribution in [3.63, 3.8) is 0 Å². The van der Waals surface area contributed by atoms with Crippen LogP contribution in [0.4, 0.5) is 0 Å². The molecule has 0 aliphatic heterocycles. The van der Waals surface area contributed by atoms with E-state index in [1.807, 2.05) is 65.8 Å². The molecule has 0 aliphatic carbocycles. The smallest absolute Gasteiger partial charge is 0.331 e. The third kappa shape index (κ3) is 11.2. The lowest BCUT2D eigenvalue weighted by Crippen LogP contribution is -2.51. The van der Waals surface area contributed by atoms with E-state index in [9.17, 15) is 4.79 Å². The van der Waals surface area contributed by atoms with Crippen molar-refractivity contribution in [1.29, 1.82) is 0 Å². The summed E-state index contributed by atoms with van der Waals surface area (Å²) in [5.74, 6) is -0.395. The van der Waals surface area contributed by atoms with Gasteiger partial charge >= 0.3 is 5.97 Å². The molecule has 1 aromatic rings. The van der Waals surface area contributed by atoms with Crippen molar-refractivity contribution in [2.75, 3.05) is 13.2 Å². The Balaban J connectivity index is 2.57. The van der Waals surface area contributed by atoms with Crippen LogP contribution in [0, 0.1) is 0 Å². The molecule has 0 saturated heterocycles. The molecule has 2 N–H and O–H groups in total. The van der Waals surface area contributed by atoms with E-state index in [-0.39, 0.29) is 12.2 Å². The molecule has 1 atom stereocenters. The first kappa shape index (κ1) is 23.7. The number of thiocarbonyl (C=S) groups is 1. The molecule has 0 heterocycles. The lowest BCUT2D eigenvalue weighted by molar-refractivity contribution is -0.160. The molecule has 27 heavy (non-hydrogen) atoms. The Morgan fingerprint density at radius 1 is 1.11 bits per heavy atom. The van der Waals surface area contributed by atoms with Gasteiger partial charge in [-0.1, -0.05) is 23.7 Å². The maximum atomic E-state index is 12.5. The third-order valence-corrected chi connectivity index (χ3v) is 3.81. The van der Waals surface area contributed by atoms with Gasteiger partial charge in [-0.25, -0.2) is 4.79 Å². The number of carbonyl (C=O) groups is 1.